The molecule has 3 rings (SSSR count). The number of hydrogen-bond acceptors (Lipinski definition) is 5. The second-order valence-electron chi connectivity index (χ2n) is 6.19. The molecule has 128 valence electrons. The molecule has 1 atom stereocenters. The molecule has 1 aromatic heterocycles. The summed E-state index contributed by atoms with van der Waals surface area (Å²) in [7, 11) is 1.71. The smallest absolute Gasteiger partial charge is 0.125 e. The number of likely N-dealkylation sites (tertiary alicyclic amines) is 1. The Bertz CT molecular complexity index is 680. The molecule has 5 nitrogen and oxygen atoms in total. The van der Waals surface area contributed by atoms with Crippen LogP contribution in [0.1, 0.15) is 17.9 Å². The van der Waals surface area contributed by atoms with E-state index in [1.165, 1.54) is 12.1 Å². The first-order chi connectivity index (χ1) is 11.6. The van der Waals surface area contributed by atoms with Crippen molar-refractivity contribution in [3.05, 3.63) is 53.9 Å². The van der Waals surface area contributed by atoms with Crippen molar-refractivity contribution in [2.24, 2.45) is 0 Å². The van der Waals surface area contributed by atoms with E-state index >= 15 is 0 Å². The van der Waals surface area contributed by atoms with Gasteiger partial charge in [-0.3, -0.25) is 4.90 Å². The zero-order chi connectivity index (χ0) is 17.0. The highest BCUT2D eigenvalue weighted by molar-refractivity contribution is 5.22. The van der Waals surface area contributed by atoms with Crippen molar-refractivity contribution in [2.75, 3.05) is 26.8 Å². The summed E-state index contributed by atoms with van der Waals surface area (Å²) in [6.07, 6.45) is 2.67. The summed E-state index contributed by atoms with van der Waals surface area (Å²) in [5.74, 6) is 1.16. The van der Waals surface area contributed by atoms with Crippen molar-refractivity contribution in [2.45, 2.75) is 25.5 Å². The summed E-state index contributed by atoms with van der Waals surface area (Å²) in [5.41, 5.74) is 0.657. The molecule has 0 N–H and O–H groups in total. The molecular weight excluding hydrogens is 309 g/mol. The quantitative estimate of drug-likeness (QED) is 0.814. The average molecular weight is 331 g/mol. The molecule has 1 fully saturated rings. The minimum absolute atomic E-state index is 0.268. The monoisotopic (exact) mass is 331 g/mol. The molecule has 0 radical (unpaired) electrons. The van der Waals surface area contributed by atoms with E-state index in [1.54, 1.807) is 25.4 Å². The third kappa shape index (κ3) is 4.07. The van der Waals surface area contributed by atoms with Crippen LogP contribution in [0.4, 0.5) is 4.39 Å². The van der Waals surface area contributed by atoms with Crippen LogP contribution in [0.15, 0.2) is 36.5 Å². The highest BCUT2D eigenvalue weighted by Gasteiger charge is 2.39. The van der Waals surface area contributed by atoms with Crippen LogP contribution in [-0.4, -0.2) is 47.3 Å². The molecule has 0 aliphatic carbocycles. The number of methoxy groups -OCH3 is 1. The number of rotatable bonds is 6. The van der Waals surface area contributed by atoms with Gasteiger partial charge in [0.1, 0.15) is 29.6 Å². The third-order valence-corrected chi connectivity index (χ3v) is 4.36. The van der Waals surface area contributed by atoms with Gasteiger partial charge in [-0.1, -0.05) is 0 Å². The summed E-state index contributed by atoms with van der Waals surface area (Å²) in [4.78, 5) is 10.9. The molecule has 0 spiro atoms. The lowest BCUT2D eigenvalue weighted by atomic mass is 10.0. The van der Waals surface area contributed by atoms with E-state index in [2.05, 4.69) is 14.9 Å². The van der Waals surface area contributed by atoms with Crippen LogP contribution in [0.5, 0.6) is 5.75 Å². The molecular formula is C18H22FN3O2. The van der Waals surface area contributed by atoms with E-state index in [-0.39, 0.29) is 11.4 Å². The van der Waals surface area contributed by atoms with Gasteiger partial charge in [-0.25, -0.2) is 14.4 Å². The maximum atomic E-state index is 13.0. The van der Waals surface area contributed by atoms with Crippen LogP contribution < -0.4 is 4.74 Å². The van der Waals surface area contributed by atoms with Crippen LogP contribution in [0.2, 0.25) is 0 Å². The van der Waals surface area contributed by atoms with Crippen molar-refractivity contribution < 1.29 is 13.9 Å². The third-order valence-electron chi connectivity index (χ3n) is 4.36. The SMILES string of the molecule is CO[C@]1(COc2ccc(F)cc2)CCN(Cc2ccnc(C)n2)C1. The Hall–Kier alpha value is -2.05. The standard InChI is InChI=1S/C18H22FN3O2/c1-14-20-9-7-16(21-14)11-22-10-8-18(12-22,23-2)13-24-17-5-3-15(19)4-6-17/h3-7,9H,8,10-13H2,1-2H3/t18-/m1/s1. The first-order valence-corrected chi connectivity index (χ1v) is 8.03. The number of aryl methyl sites for hydroxylation is 1. The van der Waals surface area contributed by atoms with Crippen LogP contribution in [0.3, 0.4) is 0 Å². The van der Waals surface area contributed by atoms with E-state index in [9.17, 15) is 4.39 Å². The maximum absolute atomic E-state index is 13.0. The lowest BCUT2D eigenvalue weighted by Gasteiger charge is -2.28. The van der Waals surface area contributed by atoms with Gasteiger partial charge in [-0.05, 0) is 43.7 Å². The number of benzene rings is 1. The fraction of sp³-hybridized carbons (Fsp3) is 0.444. The Morgan fingerprint density at radius 1 is 1.25 bits per heavy atom. The van der Waals surface area contributed by atoms with Gasteiger partial charge in [-0.2, -0.15) is 0 Å². The summed E-state index contributed by atoms with van der Waals surface area (Å²) in [6.45, 7) is 4.79. The number of aromatic nitrogens is 2. The van der Waals surface area contributed by atoms with Crippen molar-refractivity contribution >= 4 is 0 Å². The summed E-state index contributed by atoms with van der Waals surface area (Å²) >= 11 is 0. The van der Waals surface area contributed by atoms with Gasteiger partial charge >= 0.3 is 0 Å². The second kappa shape index (κ2) is 7.23. The van der Waals surface area contributed by atoms with Gasteiger partial charge in [-0.15, -0.1) is 0 Å². The Balaban J connectivity index is 1.59. The first-order valence-electron chi connectivity index (χ1n) is 8.03. The fourth-order valence-electron chi connectivity index (χ4n) is 2.97. The highest BCUT2D eigenvalue weighted by atomic mass is 19.1. The minimum atomic E-state index is -0.351. The summed E-state index contributed by atoms with van der Waals surface area (Å²) in [5, 5.41) is 0. The number of ether oxygens (including phenoxy) is 2. The number of halogens is 1. The zero-order valence-electron chi connectivity index (χ0n) is 14.0. The lowest BCUT2D eigenvalue weighted by Crippen LogP contribution is -2.41. The maximum Gasteiger partial charge on any atom is 0.125 e. The predicted octanol–water partition coefficient (Wildman–Crippen LogP) is 2.59. The second-order valence-corrected chi connectivity index (χ2v) is 6.19. The Labute approximate surface area is 141 Å². The number of nitrogens with zero attached hydrogens (tertiary/aromatic N) is 3. The molecule has 6 heteroatoms. The largest absolute Gasteiger partial charge is 0.491 e. The minimum Gasteiger partial charge on any atom is -0.491 e. The van der Waals surface area contributed by atoms with Gasteiger partial charge in [0.05, 0.1) is 5.69 Å². The first kappa shape index (κ1) is 16.8. The van der Waals surface area contributed by atoms with E-state index in [1.807, 2.05) is 13.0 Å². The van der Waals surface area contributed by atoms with E-state index < -0.39 is 0 Å². The van der Waals surface area contributed by atoms with Crippen LogP contribution in [-0.2, 0) is 11.3 Å². The fourth-order valence-corrected chi connectivity index (χ4v) is 2.97. The molecule has 24 heavy (non-hydrogen) atoms. The van der Waals surface area contributed by atoms with Crippen molar-refractivity contribution in [3.63, 3.8) is 0 Å². The topological polar surface area (TPSA) is 47.5 Å². The van der Waals surface area contributed by atoms with Gasteiger partial charge in [0.2, 0.25) is 0 Å². The van der Waals surface area contributed by atoms with Gasteiger partial charge in [0.25, 0.3) is 0 Å². The Morgan fingerprint density at radius 3 is 2.75 bits per heavy atom. The molecule has 0 unspecified atom stereocenters. The van der Waals surface area contributed by atoms with E-state index in [0.717, 1.165) is 37.6 Å². The molecule has 2 heterocycles. The van der Waals surface area contributed by atoms with Crippen LogP contribution in [0.25, 0.3) is 0 Å². The molecule has 1 aliphatic heterocycles. The zero-order valence-corrected chi connectivity index (χ0v) is 14.0. The molecule has 0 amide bonds. The molecule has 0 bridgehead atoms. The summed E-state index contributed by atoms with van der Waals surface area (Å²) < 4.78 is 24.5. The van der Waals surface area contributed by atoms with Gasteiger partial charge in [0.15, 0.2) is 0 Å². The molecule has 1 aromatic carbocycles. The molecule has 0 saturated carbocycles. The predicted molar refractivity (Wildman–Crippen MR) is 88.3 cm³/mol. The molecule has 2 aromatic rings. The van der Waals surface area contributed by atoms with E-state index in [4.69, 9.17) is 9.47 Å². The molecule has 1 aliphatic rings. The van der Waals surface area contributed by atoms with Crippen LogP contribution >= 0.6 is 0 Å². The van der Waals surface area contributed by atoms with Gasteiger partial charge < -0.3 is 9.47 Å². The molecule has 1 saturated heterocycles. The Morgan fingerprint density at radius 2 is 2.04 bits per heavy atom. The average Bonchev–Trinajstić information content (AvgIpc) is 2.98. The van der Waals surface area contributed by atoms with Gasteiger partial charge in [0, 0.05) is 32.9 Å². The number of hydrogen-bond donors (Lipinski definition) is 0. The van der Waals surface area contributed by atoms with Crippen LogP contribution in [0, 0.1) is 12.7 Å². The highest BCUT2D eigenvalue weighted by Crippen LogP contribution is 2.27. The lowest BCUT2D eigenvalue weighted by molar-refractivity contribution is -0.0360. The van der Waals surface area contributed by atoms with E-state index in [0.29, 0.717) is 12.4 Å². The Kier molecular flexibility index (Phi) is 5.06. The van der Waals surface area contributed by atoms with Crippen molar-refractivity contribution in [3.8, 4) is 5.75 Å². The van der Waals surface area contributed by atoms with Crippen molar-refractivity contribution in [1.29, 1.82) is 0 Å². The normalized spacial score (nSPS) is 21.1. The van der Waals surface area contributed by atoms with Crippen molar-refractivity contribution in [1.82, 2.24) is 14.9 Å². The summed E-state index contributed by atoms with van der Waals surface area (Å²) in [6, 6.07) is 8.00.